The van der Waals surface area contributed by atoms with Crippen LogP contribution in [-0.4, -0.2) is 24.4 Å². The highest BCUT2D eigenvalue weighted by Gasteiger charge is 2.10. The number of hydrogen-bond acceptors (Lipinski definition) is 2. The fourth-order valence-electron chi connectivity index (χ4n) is 1.98. The third kappa shape index (κ3) is 5.19. The van der Waals surface area contributed by atoms with Crippen molar-refractivity contribution in [2.45, 2.75) is 6.54 Å². The topological polar surface area (TPSA) is 32.3 Å². The van der Waals surface area contributed by atoms with Crippen molar-refractivity contribution in [2.75, 3.05) is 18.9 Å². The highest BCUT2D eigenvalue weighted by molar-refractivity contribution is 9.10. The molecule has 1 amide bonds. The highest BCUT2D eigenvalue weighted by Crippen LogP contribution is 2.19. The number of nitrogens with one attached hydrogen (secondary N) is 1. The fourth-order valence-corrected chi connectivity index (χ4v) is 2.58. The van der Waals surface area contributed by atoms with Crippen molar-refractivity contribution >= 4 is 43.5 Å². The van der Waals surface area contributed by atoms with Crippen LogP contribution < -0.4 is 5.32 Å². The molecule has 0 saturated carbocycles. The van der Waals surface area contributed by atoms with E-state index < -0.39 is 5.82 Å². The molecular weight excluding hydrogens is 415 g/mol. The number of carbonyl (C=O) groups is 1. The molecule has 0 fully saturated rings. The molecule has 0 unspecified atom stereocenters. The van der Waals surface area contributed by atoms with Crippen LogP contribution in [0.4, 0.5) is 10.1 Å². The summed E-state index contributed by atoms with van der Waals surface area (Å²) >= 11 is 6.56. The molecular formula is C16H15Br2FN2O. The fraction of sp³-hybridized carbons (Fsp3) is 0.188. The van der Waals surface area contributed by atoms with Crippen molar-refractivity contribution in [3.8, 4) is 0 Å². The molecule has 0 bridgehead atoms. The zero-order valence-corrected chi connectivity index (χ0v) is 15.1. The molecule has 1 N–H and O–H groups in total. The predicted octanol–water partition coefficient (Wildman–Crippen LogP) is 4.42. The molecule has 0 aromatic heterocycles. The highest BCUT2D eigenvalue weighted by atomic mass is 79.9. The number of carbonyl (C=O) groups excluding carboxylic acids is 1. The van der Waals surface area contributed by atoms with Gasteiger partial charge in [-0.15, -0.1) is 0 Å². The summed E-state index contributed by atoms with van der Waals surface area (Å²) < 4.78 is 15.3. The second kappa shape index (κ2) is 7.85. The van der Waals surface area contributed by atoms with Gasteiger partial charge < -0.3 is 5.32 Å². The van der Waals surface area contributed by atoms with E-state index in [1.165, 1.54) is 12.1 Å². The van der Waals surface area contributed by atoms with Crippen molar-refractivity contribution in [1.29, 1.82) is 0 Å². The second-order valence-corrected chi connectivity index (χ2v) is 6.80. The number of benzene rings is 2. The molecule has 0 aliphatic rings. The van der Waals surface area contributed by atoms with Crippen LogP contribution in [-0.2, 0) is 11.3 Å². The first-order chi connectivity index (χ1) is 10.4. The zero-order chi connectivity index (χ0) is 16.1. The molecule has 0 aliphatic heterocycles. The molecule has 0 saturated heterocycles. The molecule has 2 rings (SSSR count). The Bertz CT molecular complexity index is 662. The van der Waals surface area contributed by atoms with E-state index in [0.29, 0.717) is 11.0 Å². The molecule has 0 aliphatic carbocycles. The van der Waals surface area contributed by atoms with Crippen molar-refractivity contribution in [1.82, 2.24) is 4.90 Å². The van der Waals surface area contributed by atoms with E-state index in [1.54, 1.807) is 6.07 Å². The van der Waals surface area contributed by atoms with Gasteiger partial charge in [0.25, 0.3) is 0 Å². The Morgan fingerprint density at radius 3 is 2.41 bits per heavy atom. The normalized spacial score (nSPS) is 10.8. The van der Waals surface area contributed by atoms with Crippen LogP contribution in [0.3, 0.4) is 0 Å². The first-order valence-electron chi connectivity index (χ1n) is 6.62. The maximum Gasteiger partial charge on any atom is 0.238 e. The molecule has 0 radical (unpaired) electrons. The average Bonchev–Trinajstić information content (AvgIpc) is 2.44. The first-order valence-corrected chi connectivity index (χ1v) is 8.20. The SMILES string of the molecule is CN(CC(=O)Nc1ccc(Br)cc1F)Cc1ccc(Br)cc1. The number of nitrogens with zero attached hydrogens (tertiary/aromatic N) is 1. The van der Waals surface area contributed by atoms with Gasteiger partial charge >= 0.3 is 0 Å². The minimum atomic E-state index is -0.460. The summed E-state index contributed by atoms with van der Waals surface area (Å²) in [6, 6.07) is 12.4. The van der Waals surface area contributed by atoms with Crippen LogP contribution in [0, 0.1) is 5.82 Å². The molecule has 22 heavy (non-hydrogen) atoms. The summed E-state index contributed by atoms with van der Waals surface area (Å²) in [6.45, 7) is 0.828. The lowest BCUT2D eigenvalue weighted by Crippen LogP contribution is -2.30. The second-order valence-electron chi connectivity index (χ2n) is 4.97. The molecule has 3 nitrogen and oxygen atoms in total. The van der Waals surface area contributed by atoms with E-state index >= 15 is 0 Å². The third-order valence-electron chi connectivity index (χ3n) is 2.98. The zero-order valence-electron chi connectivity index (χ0n) is 11.9. The number of hydrogen-bond donors (Lipinski definition) is 1. The third-order valence-corrected chi connectivity index (χ3v) is 4.01. The van der Waals surface area contributed by atoms with Gasteiger partial charge in [-0.1, -0.05) is 44.0 Å². The smallest absolute Gasteiger partial charge is 0.238 e. The largest absolute Gasteiger partial charge is 0.322 e. The lowest BCUT2D eigenvalue weighted by atomic mass is 10.2. The van der Waals surface area contributed by atoms with Crippen LogP contribution in [0.1, 0.15) is 5.56 Å². The molecule has 0 atom stereocenters. The minimum Gasteiger partial charge on any atom is -0.322 e. The lowest BCUT2D eigenvalue weighted by Gasteiger charge is -2.16. The van der Waals surface area contributed by atoms with Gasteiger partial charge in [-0.25, -0.2) is 4.39 Å². The van der Waals surface area contributed by atoms with Gasteiger partial charge in [0.1, 0.15) is 5.82 Å². The minimum absolute atomic E-state index is 0.185. The number of anilines is 1. The molecule has 2 aromatic rings. The van der Waals surface area contributed by atoms with Crippen LogP contribution in [0.25, 0.3) is 0 Å². The Hall–Kier alpha value is -1.24. The summed E-state index contributed by atoms with van der Waals surface area (Å²) in [5.41, 5.74) is 1.29. The van der Waals surface area contributed by atoms with E-state index in [1.807, 2.05) is 36.2 Å². The molecule has 0 heterocycles. The Labute approximate surface area is 145 Å². The van der Waals surface area contributed by atoms with Crippen LogP contribution in [0.2, 0.25) is 0 Å². The van der Waals surface area contributed by atoms with E-state index in [2.05, 4.69) is 37.2 Å². The van der Waals surface area contributed by atoms with E-state index in [9.17, 15) is 9.18 Å². The summed E-state index contributed by atoms with van der Waals surface area (Å²) in [5, 5.41) is 2.58. The number of halogens is 3. The van der Waals surface area contributed by atoms with E-state index in [0.717, 1.165) is 10.0 Å². The number of rotatable bonds is 5. The van der Waals surface area contributed by atoms with Crippen molar-refractivity contribution in [3.63, 3.8) is 0 Å². The Kier molecular flexibility index (Phi) is 6.11. The van der Waals surface area contributed by atoms with E-state index in [-0.39, 0.29) is 18.1 Å². The standard InChI is InChI=1S/C16H15Br2FN2O/c1-21(9-11-2-4-12(17)5-3-11)10-16(22)20-15-7-6-13(18)8-14(15)19/h2-8H,9-10H2,1H3,(H,20,22). The monoisotopic (exact) mass is 428 g/mol. The number of likely N-dealkylation sites (N-methyl/N-ethyl adjacent to an activating group) is 1. The lowest BCUT2D eigenvalue weighted by molar-refractivity contribution is -0.117. The molecule has 0 spiro atoms. The number of amides is 1. The van der Waals surface area contributed by atoms with Crippen molar-refractivity contribution < 1.29 is 9.18 Å². The molecule has 116 valence electrons. The van der Waals surface area contributed by atoms with Gasteiger partial charge in [-0.05, 0) is 42.9 Å². The predicted molar refractivity (Wildman–Crippen MR) is 93.2 cm³/mol. The Morgan fingerprint density at radius 2 is 1.77 bits per heavy atom. The van der Waals surface area contributed by atoms with Gasteiger partial charge in [0.15, 0.2) is 0 Å². The van der Waals surface area contributed by atoms with Gasteiger partial charge in [0, 0.05) is 15.5 Å². The van der Waals surface area contributed by atoms with Gasteiger partial charge in [0.05, 0.1) is 12.2 Å². The Balaban J connectivity index is 1.89. The van der Waals surface area contributed by atoms with Crippen LogP contribution >= 0.6 is 31.9 Å². The van der Waals surface area contributed by atoms with Crippen molar-refractivity contribution in [2.24, 2.45) is 0 Å². The molecule has 2 aromatic carbocycles. The van der Waals surface area contributed by atoms with Gasteiger partial charge in [-0.2, -0.15) is 0 Å². The maximum atomic E-state index is 13.7. The average molecular weight is 430 g/mol. The van der Waals surface area contributed by atoms with Crippen LogP contribution in [0.5, 0.6) is 0 Å². The molecule has 6 heteroatoms. The van der Waals surface area contributed by atoms with Crippen LogP contribution in [0.15, 0.2) is 51.4 Å². The van der Waals surface area contributed by atoms with Gasteiger partial charge in [-0.3, -0.25) is 9.69 Å². The first kappa shape index (κ1) is 17.1. The summed E-state index contributed by atoms with van der Waals surface area (Å²) in [4.78, 5) is 13.8. The summed E-state index contributed by atoms with van der Waals surface area (Å²) in [6.07, 6.45) is 0. The summed E-state index contributed by atoms with van der Waals surface area (Å²) in [7, 11) is 1.85. The summed E-state index contributed by atoms with van der Waals surface area (Å²) in [5.74, 6) is -0.709. The van der Waals surface area contributed by atoms with Gasteiger partial charge in [0.2, 0.25) is 5.91 Å². The quantitative estimate of drug-likeness (QED) is 0.762. The van der Waals surface area contributed by atoms with E-state index in [4.69, 9.17) is 0 Å². The van der Waals surface area contributed by atoms with Crippen molar-refractivity contribution in [3.05, 3.63) is 62.8 Å². The maximum absolute atomic E-state index is 13.7. The Morgan fingerprint density at radius 1 is 1.14 bits per heavy atom.